The Balaban J connectivity index is 0.000000313. The average molecular weight is 400 g/mol. The van der Waals surface area contributed by atoms with Crippen molar-refractivity contribution in [2.45, 2.75) is 78.1 Å². The highest BCUT2D eigenvalue weighted by molar-refractivity contribution is 5.74. The minimum absolute atomic E-state index is 0.225. The van der Waals surface area contributed by atoms with E-state index in [2.05, 4.69) is 41.3 Å². The molecule has 0 spiro atoms. The minimum atomic E-state index is 0.225. The maximum absolute atomic E-state index is 7.00. The Morgan fingerprint density at radius 1 is 1.03 bits per heavy atom. The Morgan fingerprint density at radius 2 is 1.69 bits per heavy atom. The number of nitrogens with one attached hydrogen (secondary N) is 1. The van der Waals surface area contributed by atoms with E-state index in [9.17, 15) is 0 Å². The van der Waals surface area contributed by atoms with Gasteiger partial charge in [-0.15, -0.1) is 0 Å². The summed E-state index contributed by atoms with van der Waals surface area (Å²) in [4.78, 5) is 6.24. The summed E-state index contributed by atoms with van der Waals surface area (Å²) in [6.45, 7) is 6.24. The molecule has 0 radical (unpaired) electrons. The second-order valence-corrected chi connectivity index (χ2v) is 7.66. The van der Waals surface area contributed by atoms with Crippen LogP contribution < -0.4 is 5.73 Å². The fourth-order valence-corrected chi connectivity index (χ4v) is 3.40. The second-order valence-electron chi connectivity index (χ2n) is 7.66. The summed E-state index contributed by atoms with van der Waals surface area (Å²) in [5, 5.41) is 11.0. The standard InChI is InChI=1S/C18H26N2O.C5H11N3/c1-3-5-6-7-8-9-10-15-11-13-16(14-12-15)18-19-17(4-2)21-20-18;6-5(7)8-3-1-2-4-8/h11-14H,3-10H2,1-2H3;1-4H2,(H3,6,7). The monoisotopic (exact) mass is 399 g/mol. The van der Waals surface area contributed by atoms with Crippen molar-refractivity contribution < 1.29 is 4.52 Å². The van der Waals surface area contributed by atoms with Gasteiger partial charge in [-0.2, -0.15) is 4.98 Å². The largest absolute Gasteiger partial charge is 0.370 e. The summed E-state index contributed by atoms with van der Waals surface area (Å²) in [5.41, 5.74) is 7.64. The lowest BCUT2D eigenvalue weighted by molar-refractivity contribution is 0.383. The lowest BCUT2D eigenvalue weighted by atomic mass is 10.0. The number of aryl methyl sites for hydroxylation is 2. The number of benzene rings is 1. The van der Waals surface area contributed by atoms with E-state index in [0.717, 1.165) is 25.1 Å². The normalized spacial score (nSPS) is 13.2. The molecular formula is C23H37N5O. The van der Waals surface area contributed by atoms with E-state index in [-0.39, 0.29) is 5.96 Å². The van der Waals surface area contributed by atoms with Crippen LogP contribution in [0.1, 0.15) is 76.7 Å². The Morgan fingerprint density at radius 3 is 2.24 bits per heavy atom. The first-order valence-corrected chi connectivity index (χ1v) is 11.1. The van der Waals surface area contributed by atoms with Gasteiger partial charge >= 0.3 is 0 Å². The molecule has 3 N–H and O–H groups in total. The first-order chi connectivity index (χ1) is 14.1. The van der Waals surface area contributed by atoms with Crippen molar-refractivity contribution in [3.8, 4) is 11.4 Å². The molecule has 1 saturated heterocycles. The number of unbranched alkanes of at least 4 members (excludes halogenated alkanes) is 5. The van der Waals surface area contributed by atoms with Gasteiger partial charge in [0.15, 0.2) is 5.96 Å². The smallest absolute Gasteiger partial charge is 0.226 e. The number of hydrogen-bond acceptors (Lipinski definition) is 4. The van der Waals surface area contributed by atoms with Crippen LogP contribution in [0, 0.1) is 5.41 Å². The fraction of sp³-hybridized carbons (Fsp3) is 0.609. The molecule has 3 rings (SSSR count). The van der Waals surface area contributed by atoms with Crippen molar-refractivity contribution in [1.29, 1.82) is 5.41 Å². The van der Waals surface area contributed by atoms with Crippen molar-refractivity contribution in [3.63, 3.8) is 0 Å². The Kier molecular flexibility index (Phi) is 10.2. The zero-order chi connectivity index (χ0) is 20.9. The quantitative estimate of drug-likeness (QED) is 0.344. The second kappa shape index (κ2) is 13.0. The molecule has 0 bridgehead atoms. The van der Waals surface area contributed by atoms with E-state index in [1.807, 2.05) is 11.8 Å². The van der Waals surface area contributed by atoms with Crippen LogP contribution >= 0.6 is 0 Å². The fourth-order valence-electron chi connectivity index (χ4n) is 3.40. The molecule has 160 valence electrons. The third kappa shape index (κ3) is 8.26. The van der Waals surface area contributed by atoms with E-state index in [4.69, 9.17) is 15.7 Å². The third-order valence-electron chi connectivity index (χ3n) is 5.25. The van der Waals surface area contributed by atoms with Gasteiger partial charge < -0.3 is 15.2 Å². The van der Waals surface area contributed by atoms with Crippen molar-refractivity contribution in [1.82, 2.24) is 15.0 Å². The number of aromatic nitrogens is 2. The van der Waals surface area contributed by atoms with Crippen molar-refractivity contribution >= 4 is 5.96 Å². The molecule has 1 aromatic heterocycles. The molecule has 2 aromatic rings. The summed E-state index contributed by atoms with van der Waals surface area (Å²) in [7, 11) is 0. The van der Waals surface area contributed by atoms with E-state index < -0.39 is 0 Å². The molecule has 29 heavy (non-hydrogen) atoms. The van der Waals surface area contributed by atoms with E-state index in [1.54, 1.807) is 0 Å². The van der Waals surface area contributed by atoms with Gasteiger partial charge in [0, 0.05) is 25.1 Å². The molecule has 0 aliphatic carbocycles. The molecule has 1 aliphatic heterocycles. The third-order valence-corrected chi connectivity index (χ3v) is 5.25. The number of nitrogens with zero attached hydrogens (tertiary/aromatic N) is 3. The Hall–Kier alpha value is -2.37. The van der Waals surface area contributed by atoms with Gasteiger partial charge in [-0.3, -0.25) is 5.41 Å². The molecule has 2 heterocycles. The first-order valence-electron chi connectivity index (χ1n) is 11.1. The van der Waals surface area contributed by atoms with E-state index in [0.29, 0.717) is 11.7 Å². The summed E-state index contributed by atoms with van der Waals surface area (Å²) in [5.74, 6) is 1.61. The van der Waals surface area contributed by atoms with Crippen LogP contribution in [0.5, 0.6) is 0 Å². The zero-order valence-corrected chi connectivity index (χ0v) is 18.1. The highest BCUT2D eigenvalue weighted by atomic mass is 16.5. The van der Waals surface area contributed by atoms with Crippen LogP contribution in [-0.4, -0.2) is 34.1 Å². The van der Waals surface area contributed by atoms with Gasteiger partial charge in [-0.1, -0.05) is 75.4 Å². The Labute approximate surface area is 175 Å². The van der Waals surface area contributed by atoms with E-state index in [1.165, 1.54) is 63.4 Å². The highest BCUT2D eigenvalue weighted by Crippen LogP contribution is 2.18. The molecule has 6 nitrogen and oxygen atoms in total. The van der Waals surface area contributed by atoms with Gasteiger partial charge in [0.2, 0.25) is 11.7 Å². The van der Waals surface area contributed by atoms with Gasteiger partial charge in [0.25, 0.3) is 0 Å². The van der Waals surface area contributed by atoms with Crippen LogP contribution in [0.4, 0.5) is 0 Å². The van der Waals surface area contributed by atoms with E-state index >= 15 is 0 Å². The topological polar surface area (TPSA) is 92.0 Å². The maximum atomic E-state index is 7.00. The minimum Gasteiger partial charge on any atom is -0.370 e. The lowest BCUT2D eigenvalue weighted by Crippen LogP contribution is -2.33. The maximum Gasteiger partial charge on any atom is 0.226 e. The molecule has 6 heteroatoms. The predicted molar refractivity (Wildman–Crippen MR) is 119 cm³/mol. The van der Waals surface area contributed by atoms with Gasteiger partial charge in [0.05, 0.1) is 0 Å². The molecule has 0 saturated carbocycles. The Bertz CT molecular complexity index is 704. The van der Waals surface area contributed by atoms with Gasteiger partial charge in [-0.25, -0.2) is 0 Å². The molecular weight excluding hydrogens is 362 g/mol. The zero-order valence-electron chi connectivity index (χ0n) is 18.1. The SMILES string of the molecule is CCCCCCCCc1ccc(-c2noc(CC)n2)cc1.N=C(N)N1CCCC1. The van der Waals surface area contributed by atoms with Crippen LogP contribution in [0.15, 0.2) is 28.8 Å². The summed E-state index contributed by atoms with van der Waals surface area (Å²) >= 11 is 0. The molecule has 1 aliphatic rings. The molecule has 0 amide bonds. The molecule has 1 aromatic carbocycles. The summed E-state index contributed by atoms with van der Waals surface area (Å²) in [6, 6.07) is 8.56. The number of rotatable bonds is 9. The molecule has 0 atom stereocenters. The van der Waals surface area contributed by atoms with Crippen LogP contribution in [0.2, 0.25) is 0 Å². The number of hydrogen-bond donors (Lipinski definition) is 2. The van der Waals surface area contributed by atoms with Crippen molar-refractivity contribution in [2.75, 3.05) is 13.1 Å². The molecule has 0 unspecified atom stereocenters. The van der Waals surface area contributed by atoms with Crippen molar-refractivity contribution in [2.24, 2.45) is 5.73 Å². The van der Waals surface area contributed by atoms with Crippen LogP contribution in [-0.2, 0) is 12.8 Å². The number of nitrogens with two attached hydrogens (primary N) is 1. The lowest BCUT2D eigenvalue weighted by Gasteiger charge is -2.12. The van der Waals surface area contributed by atoms with Crippen LogP contribution in [0.3, 0.4) is 0 Å². The number of guanidine groups is 1. The average Bonchev–Trinajstić information content (AvgIpc) is 3.44. The summed E-state index contributed by atoms with van der Waals surface area (Å²) in [6.07, 6.45) is 12.4. The first kappa shape index (κ1) is 22.9. The van der Waals surface area contributed by atoms with Gasteiger partial charge in [-0.05, 0) is 31.2 Å². The highest BCUT2D eigenvalue weighted by Gasteiger charge is 2.11. The van der Waals surface area contributed by atoms with Gasteiger partial charge in [0.1, 0.15) is 0 Å². The molecule has 1 fully saturated rings. The van der Waals surface area contributed by atoms with Crippen molar-refractivity contribution in [3.05, 3.63) is 35.7 Å². The predicted octanol–water partition coefficient (Wildman–Crippen LogP) is 5.18. The number of likely N-dealkylation sites (tertiary alicyclic amines) is 1. The van der Waals surface area contributed by atoms with Crippen LogP contribution in [0.25, 0.3) is 11.4 Å². The summed E-state index contributed by atoms with van der Waals surface area (Å²) < 4.78 is 5.15.